The van der Waals surface area contributed by atoms with Crippen molar-refractivity contribution in [2.24, 2.45) is 0 Å². The molecule has 3 heteroatoms. The Labute approximate surface area is 390 Å². The van der Waals surface area contributed by atoms with E-state index in [1.807, 2.05) is 0 Å². The maximum Gasteiger partial charge on any atom is 0.243 e. The van der Waals surface area contributed by atoms with E-state index < -0.39 is 8.07 Å². The van der Waals surface area contributed by atoms with E-state index in [0.29, 0.717) is 0 Å². The van der Waals surface area contributed by atoms with Crippen LogP contribution in [0.4, 0.5) is 0 Å². The molecule has 1 heterocycles. The van der Waals surface area contributed by atoms with Crippen molar-refractivity contribution in [2.45, 2.75) is 96.2 Å². The predicted octanol–water partition coefficient (Wildman–Crippen LogP) is 10.7. The highest BCUT2D eigenvalue weighted by Crippen LogP contribution is 2.40. The molecule has 320 valence electrons. The molecule has 0 saturated carbocycles. The monoisotopic (exact) mass is 856 g/mol. The largest absolute Gasteiger partial charge is 0.243 e. The highest BCUT2D eigenvalue weighted by atomic mass is 28.3. The van der Waals surface area contributed by atoms with Gasteiger partial charge in [0, 0.05) is 0 Å². The van der Waals surface area contributed by atoms with Crippen LogP contribution in [-0.2, 0) is 0 Å². The van der Waals surface area contributed by atoms with Gasteiger partial charge in [0.2, 0.25) is 13.4 Å². The molecule has 0 unspecified atom stereocenters. The minimum Gasteiger partial charge on any atom is -0.0687 e. The number of rotatable bonds is 6. The topological polar surface area (TPSA) is 0 Å². The van der Waals surface area contributed by atoms with Crippen LogP contribution in [0.1, 0.15) is 66.8 Å². The van der Waals surface area contributed by atoms with Gasteiger partial charge in [0.05, 0.1) is 0 Å². The molecule has 0 saturated heterocycles. The lowest BCUT2D eigenvalue weighted by molar-refractivity contribution is 1.34. The van der Waals surface area contributed by atoms with Gasteiger partial charge in [0.25, 0.3) is 0 Å². The van der Waals surface area contributed by atoms with Crippen molar-refractivity contribution in [1.82, 2.24) is 0 Å². The molecule has 1 aliphatic rings. The summed E-state index contributed by atoms with van der Waals surface area (Å²) in [4.78, 5) is 0. The first-order chi connectivity index (χ1) is 30.9. The van der Waals surface area contributed by atoms with Crippen molar-refractivity contribution in [3.05, 3.63) is 188 Å². The Morgan fingerprint density at radius 2 is 0.738 bits per heavy atom. The fraction of sp³-hybridized carbons (Fsp3) is 0.226. The van der Waals surface area contributed by atoms with Crippen molar-refractivity contribution in [3.63, 3.8) is 0 Å². The van der Waals surface area contributed by atoms with E-state index in [4.69, 9.17) is 0 Å². The zero-order chi connectivity index (χ0) is 46.0. The second kappa shape index (κ2) is 15.6. The molecule has 0 N–H and O–H groups in total. The van der Waals surface area contributed by atoms with Gasteiger partial charge in [0.1, 0.15) is 8.07 Å². The number of fused-ring (bicyclic) bond motifs is 6. The van der Waals surface area contributed by atoms with E-state index in [1.54, 1.807) is 10.4 Å². The van der Waals surface area contributed by atoms with Gasteiger partial charge in [-0.25, -0.2) is 0 Å². The molecule has 0 nitrogen and oxygen atoms in total. The van der Waals surface area contributed by atoms with E-state index in [0.717, 1.165) is 0 Å². The minimum absolute atomic E-state index is 0.0795. The van der Waals surface area contributed by atoms with Gasteiger partial charge < -0.3 is 0 Å². The number of aryl methyl sites for hydroxylation is 12. The first kappa shape index (κ1) is 43.0. The molecule has 9 aromatic rings. The van der Waals surface area contributed by atoms with Gasteiger partial charge in [-0.2, -0.15) is 0 Å². The Balaban J connectivity index is 1.27. The van der Waals surface area contributed by atoms with Crippen LogP contribution in [0.2, 0.25) is 13.1 Å². The summed E-state index contributed by atoms with van der Waals surface area (Å²) in [6.45, 7) is 33.0. The van der Waals surface area contributed by atoms with Gasteiger partial charge in [-0.3, -0.25) is 0 Å². The van der Waals surface area contributed by atoms with Crippen molar-refractivity contribution in [2.75, 3.05) is 0 Å². The lowest BCUT2D eigenvalue weighted by atomic mass is 9.33. The average Bonchev–Trinajstić information content (AvgIpc) is 3.22. The third-order valence-corrected chi connectivity index (χ3v) is 19.0. The molecule has 0 radical (unpaired) electrons. The Bertz CT molecular complexity index is 3290. The highest BCUT2D eigenvalue weighted by molar-refractivity contribution is 7.04. The summed E-state index contributed by atoms with van der Waals surface area (Å²) in [6.07, 6.45) is 0. The zero-order valence-electron chi connectivity index (χ0n) is 41.2. The third-order valence-electron chi connectivity index (χ3n) is 15.5. The SMILES string of the molecule is Cc1cc(C)c(B(c2ccc3c(c2)[Si](C)(C)c2cccc4c2c-3cc2c3ccccc3c(B(c3c(C)cc(C)cc3C)c3c(C)cc(C)cc3C)cc42)c2c(C)cc(C)cc2C)c(C)c1. The smallest absolute Gasteiger partial charge is 0.0687 e. The van der Waals surface area contributed by atoms with Crippen molar-refractivity contribution in [3.8, 4) is 11.1 Å². The summed E-state index contributed by atoms with van der Waals surface area (Å²) in [5.41, 5.74) is 27.6. The summed E-state index contributed by atoms with van der Waals surface area (Å²) >= 11 is 0. The van der Waals surface area contributed by atoms with Gasteiger partial charge >= 0.3 is 0 Å². The molecule has 0 aromatic heterocycles. The van der Waals surface area contributed by atoms with Crippen LogP contribution in [0.15, 0.2) is 121 Å². The number of hydrogen-bond acceptors (Lipinski definition) is 0. The zero-order valence-corrected chi connectivity index (χ0v) is 42.2. The van der Waals surface area contributed by atoms with E-state index >= 15 is 0 Å². The Kier molecular flexibility index (Phi) is 10.3. The molecule has 0 amide bonds. The van der Waals surface area contributed by atoms with Gasteiger partial charge in [-0.1, -0.05) is 228 Å². The van der Waals surface area contributed by atoms with Gasteiger partial charge in [-0.15, -0.1) is 0 Å². The number of hydrogen-bond donors (Lipinski definition) is 0. The molecule has 9 aromatic carbocycles. The Hall–Kier alpha value is -5.89. The van der Waals surface area contributed by atoms with E-state index in [1.165, 1.54) is 143 Å². The van der Waals surface area contributed by atoms with Crippen LogP contribution in [0.25, 0.3) is 43.4 Å². The first-order valence-corrected chi connectivity index (χ1v) is 26.8. The second-order valence-electron chi connectivity index (χ2n) is 20.8. The quantitative estimate of drug-likeness (QED) is 0.115. The predicted molar refractivity (Wildman–Crippen MR) is 293 cm³/mol. The van der Waals surface area contributed by atoms with Crippen LogP contribution in [-0.4, -0.2) is 21.5 Å². The number of benzene rings is 9. The van der Waals surface area contributed by atoms with Crippen LogP contribution < -0.4 is 43.2 Å². The molecule has 0 fully saturated rings. The van der Waals surface area contributed by atoms with Gasteiger partial charge in [0.15, 0.2) is 0 Å². The molecular weight excluding hydrogens is 794 g/mol. The summed E-state index contributed by atoms with van der Waals surface area (Å²) in [5, 5.41) is 11.3. The molecular formula is C62H62B2Si. The van der Waals surface area contributed by atoms with Crippen molar-refractivity contribution >= 4 is 97.0 Å². The summed E-state index contributed by atoms with van der Waals surface area (Å²) in [6, 6.07) is 48.5. The maximum absolute atomic E-state index is 2.65. The normalized spacial score (nSPS) is 12.9. The first-order valence-electron chi connectivity index (χ1n) is 23.8. The van der Waals surface area contributed by atoms with Gasteiger partial charge in [-0.05, 0) is 143 Å². The fourth-order valence-corrected chi connectivity index (χ4v) is 16.3. The molecule has 0 spiro atoms. The highest BCUT2D eigenvalue weighted by Gasteiger charge is 2.39. The molecule has 65 heavy (non-hydrogen) atoms. The molecule has 1 aliphatic heterocycles. The van der Waals surface area contributed by atoms with Crippen molar-refractivity contribution in [1.29, 1.82) is 0 Å². The van der Waals surface area contributed by atoms with Crippen LogP contribution in [0.5, 0.6) is 0 Å². The standard InChI is InChI=1S/C62H62B2Si/c1-35-24-39(5)59(40(6)25-35)63(60-41(7)26-36(2)27-42(60)8)47-22-23-50-54-33-52-48-18-15-16-19-49(48)55(34-53(52)51-20-17-21-56(58(51)54)65(13,14)57(50)32-47)64(61-43(9)28-37(3)29-44(61)10)62-45(11)30-38(4)31-46(62)12/h15-34H,1-14H3. The van der Waals surface area contributed by atoms with Crippen LogP contribution in [0.3, 0.4) is 0 Å². The molecule has 0 atom stereocenters. The third kappa shape index (κ3) is 6.79. The van der Waals surface area contributed by atoms with Crippen molar-refractivity contribution < 1.29 is 0 Å². The Morgan fingerprint density at radius 1 is 0.323 bits per heavy atom. The van der Waals surface area contributed by atoms with E-state index in [2.05, 4.69) is 218 Å². The lowest BCUT2D eigenvalue weighted by Crippen LogP contribution is -2.60. The second-order valence-corrected chi connectivity index (χ2v) is 25.1. The average molecular weight is 857 g/mol. The van der Waals surface area contributed by atoms with Crippen LogP contribution in [0, 0.1) is 83.1 Å². The lowest BCUT2D eigenvalue weighted by Gasteiger charge is -2.35. The molecule has 10 rings (SSSR count). The summed E-state index contributed by atoms with van der Waals surface area (Å²) in [5.74, 6) is 0. The Morgan fingerprint density at radius 3 is 1.22 bits per heavy atom. The fourth-order valence-electron chi connectivity index (χ4n) is 13.2. The molecule has 0 aliphatic carbocycles. The van der Waals surface area contributed by atoms with E-state index in [9.17, 15) is 0 Å². The molecule has 0 bridgehead atoms. The van der Waals surface area contributed by atoms with Crippen LogP contribution >= 0.6 is 0 Å². The van der Waals surface area contributed by atoms with E-state index in [-0.39, 0.29) is 13.4 Å². The summed E-state index contributed by atoms with van der Waals surface area (Å²) < 4.78 is 0. The maximum atomic E-state index is 2.65. The summed E-state index contributed by atoms with van der Waals surface area (Å²) in [7, 11) is -2.24. The minimum atomic E-state index is -2.24.